The van der Waals surface area contributed by atoms with Gasteiger partial charge in [-0.2, -0.15) is 0 Å². The molecule has 1 aliphatic heterocycles. The van der Waals surface area contributed by atoms with Gasteiger partial charge in [0, 0.05) is 11.5 Å². The number of para-hydroxylation sites is 2. The minimum Gasteiger partial charge on any atom is -0.439 e. The van der Waals surface area contributed by atoms with Crippen LogP contribution >= 0.6 is 0 Å². The molecule has 1 N–H and O–H groups in total. The highest BCUT2D eigenvalue weighted by Crippen LogP contribution is 2.40. The summed E-state index contributed by atoms with van der Waals surface area (Å²) >= 11 is 0. The molecule has 0 radical (unpaired) electrons. The molecule has 0 saturated heterocycles. The second-order valence-electron chi connectivity index (χ2n) is 7.36. The van der Waals surface area contributed by atoms with Crippen LogP contribution in [0.4, 0.5) is 5.69 Å². The van der Waals surface area contributed by atoms with Crippen molar-refractivity contribution in [3.05, 3.63) is 95.9 Å². The van der Waals surface area contributed by atoms with Crippen molar-refractivity contribution in [3.8, 4) is 5.75 Å². The van der Waals surface area contributed by atoms with E-state index in [9.17, 15) is 0 Å². The highest BCUT2D eigenvalue weighted by Gasteiger charge is 2.28. The number of aryl methyl sites for hydroxylation is 1. The van der Waals surface area contributed by atoms with Crippen molar-refractivity contribution in [3.63, 3.8) is 0 Å². The van der Waals surface area contributed by atoms with Gasteiger partial charge in [0.1, 0.15) is 0 Å². The highest BCUT2D eigenvalue weighted by molar-refractivity contribution is 5.88. The molecule has 0 saturated carbocycles. The van der Waals surface area contributed by atoms with Crippen molar-refractivity contribution in [2.75, 3.05) is 5.32 Å². The number of hydrogen-bond acceptors (Lipinski definition) is 2. The number of hydrogen-bond donors (Lipinski definition) is 1. The zero-order valence-electron chi connectivity index (χ0n) is 15.5. The molecule has 1 heterocycles. The number of rotatable bonds is 3. The summed E-state index contributed by atoms with van der Waals surface area (Å²) in [6.45, 7) is 11.0. The Labute approximate surface area is 154 Å². The van der Waals surface area contributed by atoms with Crippen molar-refractivity contribution in [1.82, 2.24) is 0 Å². The second-order valence-corrected chi connectivity index (χ2v) is 7.36. The van der Waals surface area contributed by atoms with Gasteiger partial charge < -0.3 is 10.1 Å². The fraction of sp³-hybridized carbons (Fsp3) is 0.167. The molecule has 0 atom stereocenters. The average Bonchev–Trinajstić information content (AvgIpc) is 3.03. The van der Waals surface area contributed by atoms with E-state index in [-0.39, 0.29) is 5.41 Å². The zero-order valence-corrected chi connectivity index (χ0v) is 15.5. The largest absolute Gasteiger partial charge is 0.439 e. The number of anilines is 1. The monoisotopic (exact) mass is 341 g/mol. The average molecular weight is 341 g/mol. The van der Waals surface area contributed by atoms with E-state index in [4.69, 9.17) is 4.74 Å². The maximum atomic E-state index is 5.92. The van der Waals surface area contributed by atoms with Crippen LogP contribution in [0.5, 0.6) is 5.75 Å². The van der Waals surface area contributed by atoms with E-state index in [1.54, 1.807) is 0 Å². The molecule has 0 aromatic heterocycles. The Balaban J connectivity index is 1.73. The molecular formula is C24H23NO. The molecule has 3 aromatic rings. The topological polar surface area (TPSA) is 21.3 Å². The third-order valence-electron chi connectivity index (χ3n) is 5.24. The SMILES string of the molecule is C=C(/C=C1/Nc2ccccc2O1)C(C)(C)c1c(C)ccc2ccccc12. The summed E-state index contributed by atoms with van der Waals surface area (Å²) in [5, 5.41) is 5.85. The fourth-order valence-corrected chi connectivity index (χ4v) is 3.71. The first kappa shape index (κ1) is 16.5. The Morgan fingerprint density at radius 3 is 2.54 bits per heavy atom. The van der Waals surface area contributed by atoms with Gasteiger partial charge in [0.15, 0.2) is 11.6 Å². The molecule has 26 heavy (non-hydrogen) atoms. The van der Waals surface area contributed by atoms with E-state index in [0.717, 1.165) is 22.9 Å². The van der Waals surface area contributed by atoms with Crippen LogP contribution in [0.1, 0.15) is 25.0 Å². The van der Waals surface area contributed by atoms with Crippen LogP contribution in [-0.4, -0.2) is 0 Å². The van der Waals surface area contributed by atoms with E-state index in [1.807, 2.05) is 30.3 Å². The molecule has 0 spiro atoms. The van der Waals surface area contributed by atoms with E-state index in [1.165, 1.54) is 21.9 Å². The predicted octanol–water partition coefficient (Wildman–Crippen LogP) is 6.33. The Morgan fingerprint density at radius 2 is 1.73 bits per heavy atom. The lowest BCUT2D eigenvalue weighted by atomic mass is 9.74. The number of allylic oxidation sites excluding steroid dienone is 2. The predicted molar refractivity (Wildman–Crippen MR) is 110 cm³/mol. The van der Waals surface area contributed by atoms with Crippen molar-refractivity contribution in [2.45, 2.75) is 26.2 Å². The molecule has 0 amide bonds. The maximum Gasteiger partial charge on any atom is 0.198 e. The lowest BCUT2D eigenvalue weighted by molar-refractivity contribution is 0.454. The number of nitrogens with one attached hydrogen (secondary N) is 1. The zero-order chi connectivity index (χ0) is 18.3. The van der Waals surface area contributed by atoms with Gasteiger partial charge in [-0.05, 0) is 46.5 Å². The molecule has 4 rings (SSSR count). The van der Waals surface area contributed by atoms with Gasteiger partial charge in [-0.3, -0.25) is 0 Å². The normalized spacial score (nSPS) is 14.8. The lowest BCUT2D eigenvalue weighted by Crippen LogP contribution is -2.21. The van der Waals surface area contributed by atoms with E-state index in [0.29, 0.717) is 0 Å². The maximum absolute atomic E-state index is 5.92. The minimum absolute atomic E-state index is 0.224. The van der Waals surface area contributed by atoms with Gasteiger partial charge in [-0.1, -0.05) is 69.0 Å². The summed E-state index contributed by atoms with van der Waals surface area (Å²) in [7, 11) is 0. The smallest absolute Gasteiger partial charge is 0.198 e. The molecule has 0 bridgehead atoms. The van der Waals surface area contributed by atoms with E-state index >= 15 is 0 Å². The van der Waals surface area contributed by atoms with Gasteiger partial charge in [-0.25, -0.2) is 0 Å². The lowest BCUT2D eigenvalue weighted by Gasteiger charge is -2.30. The molecule has 0 aliphatic carbocycles. The van der Waals surface area contributed by atoms with Crippen molar-refractivity contribution < 1.29 is 4.74 Å². The Hall–Kier alpha value is -3.00. The van der Waals surface area contributed by atoms with Crippen molar-refractivity contribution in [1.29, 1.82) is 0 Å². The number of ether oxygens (including phenoxy) is 1. The Kier molecular flexibility index (Phi) is 3.84. The molecule has 0 unspecified atom stereocenters. The Morgan fingerprint density at radius 1 is 1.00 bits per heavy atom. The molecule has 130 valence electrons. The standard InChI is InChI=1S/C24H23NO/c1-16-13-14-18-9-5-6-10-19(18)23(16)24(3,4)17(2)15-22-25-20-11-7-8-12-21(20)26-22/h5-15,25H,2H2,1,3-4H3/b22-15-. The van der Waals surface area contributed by atoms with Crippen molar-refractivity contribution in [2.24, 2.45) is 0 Å². The summed E-state index contributed by atoms with van der Waals surface area (Å²) < 4.78 is 5.92. The summed E-state index contributed by atoms with van der Waals surface area (Å²) in [5.74, 6) is 1.58. The van der Waals surface area contributed by atoms with Crippen LogP contribution in [0.15, 0.2) is 84.8 Å². The molecule has 3 aromatic carbocycles. The van der Waals surface area contributed by atoms with E-state index < -0.39 is 0 Å². The van der Waals surface area contributed by atoms with Crippen LogP contribution in [0.25, 0.3) is 10.8 Å². The number of benzene rings is 3. The first-order valence-corrected chi connectivity index (χ1v) is 8.90. The summed E-state index contributed by atoms with van der Waals surface area (Å²) in [6.07, 6.45) is 2.02. The highest BCUT2D eigenvalue weighted by atomic mass is 16.5. The molecule has 2 heteroatoms. The molecule has 1 aliphatic rings. The number of fused-ring (bicyclic) bond motifs is 2. The van der Waals surface area contributed by atoms with Gasteiger partial charge >= 0.3 is 0 Å². The summed E-state index contributed by atoms with van der Waals surface area (Å²) in [4.78, 5) is 0. The van der Waals surface area contributed by atoms with Crippen LogP contribution in [-0.2, 0) is 5.41 Å². The van der Waals surface area contributed by atoms with Gasteiger partial charge in [-0.15, -0.1) is 0 Å². The fourth-order valence-electron chi connectivity index (χ4n) is 3.71. The molecule has 0 fully saturated rings. The third kappa shape index (κ3) is 2.68. The van der Waals surface area contributed by atoms with Crippen LogP contribution in [0, 0.1) is 6.92 Å². The first-order chi connectivity index (χ1) is 12.5. The Bertz CT molecular complexity index is 1020. The second kappa shape index (κ2) is 6.06. The quantitative estimate of drug-likeness (QED) is 0.601. The molecular weight excluding hydrogens is 318 g/mol. The summed E-state index contributed by atoms with van der Waals surface area (Å²) in [5.41, 5.74) is 4.36. The van der Waals surface area contributed by atoms with Crippen LogP contribution in [0.2, 0.25) is 0 Å². The van der Waals surface area contributed by atoms with Crippen LogP contribution < -0.4 is 10.1 Å². The summed E-state index contributed by atoms with van der Waals surface area (Å²) in [6, 6.07) is 20.9. The van der Waals surface area contributed by atoms with Gasteiger partial charge in [0.2, 0.25) is 0 Å². The van der Waals surface area contributed by atoms with Gasteiger partial charge in [0.05, 0.1) is 5.69 Å². The molecule has 2 nitrogen and oxygen atoms in total. The van der Waals surface area contributed by atoms with E-state index in [2.05, 4.69) is 69.1 Å². The van der Waals surface area contributed by atoms with Crippen LogP contribution in [0.3, 0.4) is 0 Å². The minimum atomic E-state index is -0.224. The first-order valence-electron chi connectivity index (χ1n) is 8.90. The van der Waals surface area contributed by atoms with Crippen molar-refractivity contribution >= 4 is 16.5 Å². The third-order valence-corrected chi connectivity index (χ3v) is 5.24. The van der Waals surface area contributed by atoms with Gasteiger partial charge in [0.25, 0.3) is 0 Å².